The van der Waals surface area contributed by atoms with E-state index in [1.165, 1.54) is 32.4 Å². The molecule has 2 saturated heterocycles. The van der Waals surface area contributed by atoms with Crippen LogP contribution in [0.5, 0.6) is 11.5 Å². The molecule has 2 fully saturated rings. The fourth-order valence-corrected chi connectivity index (χ4v) is 6.10. The molecule has 2 aliphatic heterocycles. The largest absolute Gasteiger partial charge is 0.493 e. The van der Waals surface area contributed by atoms with Crippen LogP contribution in [0.2, 0.25) is 0 Å². The van der Waals surface area contributed by atoms with Crippen molar-refractivity contribution in [3.8, 4) is 11.5 Å². The highest BCUT2D eigenvalue weighted by Gasteiger charge is 2.23. The van der Waals surface area contributed by atoms with Crippen molar-refractivity contribution in [2.24, 2.45) is 0 Å². The van der Waals surface area contributed by atoms with Crippen molar-refractivity contribution in [1.29, 1.82) is 0 Å². The molecule has 0 spiro atoms. The summed E-state index contributed by atoms with van der Waals surface area (Å²) in [5.41, 5.74) is 0.865. The summed E-state index contributed by atoms with van der Waals surface area (Å²) >= 11 is 7.33. The fourth-order valence-electron chi connectivity index (χ4n) is 4.95. The Labute approximate surface area is 228 Å². The zero-order valence-electron chi connectivity index (χ0n) is 21.4. The molecule has 2 aromatic heterocycles. The lowest BCUT2D eigenvalue weighted by Gasteiger charge is -2.36. The number of hydrogen-bond acceptors (Lipinski definition) is 9. The summed E-state index contributed by atoms with van der Waals surface area (Å²) in [5, 5.41) is 0.975. The van der Waals surface area contributed by atoms with E-state index in [0.717, 1.165) is 83.2 Å². The summed E-state index contributed by atoms with van der Waals surface area (Å²) < 4.78 is 18.2. The predicted octanol–water partition coefficient (Wildman–Crippen LogP) is 4.83. The van der Waals surface area contributed by atoms with Gasteiger partial charge in [-0.25, -0.2) is 9.97 Å². The van der Waals surface area contributed by atoms with Crippen LogP contribution >= 0.6 is 24.0 Å². The fraction of sp³-hybridized carbons (Fsp3) is 0.519. The third-order valence-corrected chi connectivity index (χ3v) is 8.53. The number of rotatable bonds is 9. The minimum atomic E-state index is 0.663. The highest BCUT2D eigenvalue weighted by atomic mass is 32.2. The van der Waals surface area contributed by atoms with Gasteiger partial charge in [-0.05, 0) is 50.6 Å². The Morgan fingerprint density at radius 2 is 1.89 bits per heavy atom. The monoisotopic (exact) mass is 541 g/mol. The van der Waals surface area contributed by atoms with Crippen LogP contribution in [0.25, 0.3) is 10.9 Å². The van der Waals surface area contributed by atoms with E-state index in [0.29, 0.717) is 6.61 Å². The van der Waals surface area contributed by atoms with Gasteiger partial charge in [0.25, 0.3) is 0 Å². The van der Waals surface area contributed by atoms with E-state index < -0.39 is 0 Å². The van der Waals surface area contributed by atoms with Crippen molar-refractivity contribution in [2.75, 3.05) is 64.4 Å². The quantitative estimate of drug-likeness (QED) is 0.278. The molecular weight excluding hydrogens is 506 g/mol. The first-order valence-corrected chi connectivity index (χ1v) is 14.5. The number of piperazine rings is 1. The van der Waals surface area contributed by atoms with Crippen LogP contribution in [0.3, 0.4) is 0 Å². The number of furan rings is 1. The number of ether oxygens (including phenoxy) is 2. The number of thiocarbonyl (C=S) groups is 1. The second-order valence-electron chi connectivity index (χ2n) is 9.43. The van der Waals surface area contributed by atoms with E-state index in [1.807, 2.05) is 24.3 Å². The summed E-state index contributed by atoms with van der Waals surface area (Å²) in [4.78, 5) is 16.3. The highest BCUT2D eigenvalue weighted by Crippen LogP contribution is 2.35. The van der Waals surface area contributed by atoms with Gasteiger partial charge in [0.15, 0.2) is 11.5 Å². The van der Waals surface area contributed by atoms with E-state index in [-0.39, 0.29) is 0 Å². The van der Waals surface area contributed by atoms with Gasteiger partial charge in [0.1, 0.15) is 22.2 Å². The lowest BCUT2D eigenvalue weighted by atomic mass is 10.1. The van der Waals surface area contributed by atoms with E-state index in [4.69, 9.17) is 26.1 Å². The van der Waals surface area contributed by atoms with Crippen LogP contribution < -0.4 is 14.4 Å². The van der Waals surface area contributed by atoms with E-state index in [2.05, 4.69) is 24.7 Å². The Kier molecular flexibility index (Phi) is 9.01. The van der Waals surface area contributed by atoms with Gasteiger partial charge in [0, 0.05) is 44.2 Å². The van der Waals surface area contributed by atoms with E-state index in [1.54, 1.807) is 31.5 Å². The average molecular weight is 542 g/mol. The van der Waals surface area contributed by atoms with Gasteiger partial charge < -0.3 is 28.6 Å². The minimum Gasteiger partial charge on any atom is -0.493 e. The molecule has 0 bridgehead atoms. The number of methoxy groups -OCH3 is 1. The van der Waals surface area contributed by atoms with Gasteiger partial charge in [-0.15, -0.1) is 0 Å². The molecule has 0 saturated carbocycles. The summed E-state index contributed by atoms with van der Waals surface area (Å²) in [6.07, 6.45) is 8.33. The molecule has 0 unspecified atom stereocenters. The Bertz CT molecular complexity index is 1160. The number of likely N-dealkylation sites (tertiary alicyclic amines) is 1. The summed E-state index contributed by atoms with van der Waals surface area (Å²) in [6, 6.07) is 7.89. The molecule has 3 aromatic rings. The zero-order valence-corrected chi connectivity index (χ0v) is 23.1. The summed E-state index contributed by atoms with van der Waals surface area (Å²) in [6.45, 7) is 7.55. The molecule has 1 aromatic carbocycles. The molecule has 0 aliphatic carbocycles. The van der Waals surface area contributed by atoms with Crippen molar-refractivity contribution in [1.82, 2.24) is 19.8 Å². The van der Waals surface area contributed by atoms with Gasteiger partial charge >= 0.3 is 0 Å². The topological polar surface area (TPSA) is 67.1 Å². The number of piperidine rings is 1. The molecule has 0 atom stereocenters. The second-order valence-corrected chi connectivity index (χ2v) is 11.0. The number of fused-ring (bicyclic) bond motifs is 1. The van der Waals surface area contributed by atoms with Gasteiger partial charge in [-0.1, -0.05) is 30.4 Å². The lowest BCUT2D eigenvalue weighted by Crippen LogP contribution is -2.48. The Morgan fingerprint density at radius 1 is 1.05 bits per heavy atom. The Morgan fingerprint density at radius 3 is 2.65 bits per heavy atom. The summed E-state index contributed by atoms with van der Waals surface area (Å²) in [7, 11) is 1.69. The lowest BCUT2D eigenvalue weighted by molar-refractivity contribution is 0.203. The molecule has 2 aliphatic rings. The van der Waals surface area contributed by atoms with Crippen LogP contribution in [-0.4, -0.2) is 83.6 Å². The van der Waals surface area contributed by atoms with Crippen LogP contribution in [-0.2, 0) is 5.75 Å². The van der Waals surface area contributed by atoms with E-state index in [9.17, 15) is 0 Å². The SMILES string of the molecule is COc1cc2c(N3CCN(C(=S)SCc4ccco4)CC3)ncnc2cc1OCCCN1CCCCC1. The van der Waals surface area contributed by atoms with Crippen LogP contribution in [0.4, 0.5) is 5.82 Å². The zero-order chi connectivity index (χ0) is 25.5. The minimum absolute atomic E-state index is 0.663. The number of anilines is 1. The van der Waals surface area contributed by atoms with Gasteiger partial charge in [0.05, 0.1) is 31.2 Å². The molecule has 37 heavy (non-hydrogen) atoms. The number of hydrogen-bond donors (Lipinski definition) is 0. The van der Waals surface area contributed by atoms with Crippen molar-refractivity contribution >= 4 is 45.0 Å². The third-order valence-electron chi connectivity index (χ3n) is 6.98. The van der Waals surface area contributed by atoms with E-state index >= 15 is 0 Å². The maximum absolute atomic E-state index is 6.15. The first kappa shape index (κ1) is 26.1. The first-order valence-electron chi connectivity index (χ1n) is 13.1. The average Bonchev–Trinajstić information content (AvgIpc) is 3.48. The summed E-state index contributed by atoms with van der Waals surface area (Å²) in [5.74, 6) is 4.08. The third kappa shape index (κ3) is 6.66. The van der Waals surface area contributed by atoms with Crippen molar-refractivity contribution in [3.05, 3.63) is 42.6 Å². The standard InChI is InChI=1S/C27H35N5O3S2/c1-33-24-17-22-23(18-25(24)35-16-6-10-30-8-3-2-4-9-30)28-20-29-26(22)31-11-13-32(14-12-31)27(36)37-19-21-7-5-15-34-21/h5,7,15,17-18,20H,2-4,6,8-14,16,19H2,1H3. The molecule has 8 nitrogen and oxygen atoms in total. The molecule has 5 rings (SSSR count). The number of aromatic nitrogens is 2. The Balaban J connectivity index is 1.19. The number of benzene rings is 1. The smallest absolute Gasteiger partial charge is 0.163 e. The molecule has 4 heterocycles. The molecule has 10 heteroatoms. The van der Waals surface area contributed by atoms with Gasteiger partial charge in [-0.3, -0.25) is 0 Å². The molecule has 0 amide bonds. The molecule has 0 N–H and O–H groups in total. The second kappa shape index (κ2) is 12.8. The molecule has 0 radical (unpaired) electrons. The van der Waals surface area contributed by atoms with Crippen molar-refractivity contribution < 1.29 is 13.9 Å². The predicted molar refractivity (Wildman–Crippen MR) is 153 cm³/mol. The van der Waals surface area contributed by atoms with Crippen LogP contribution in [0, 0.1) is 0 Å². The van der Waals surface area contributed by atoms with Crippen LogP contribution in [0.1, 0.15) is 31.4 Å². The van der Waals surface area contributed by atoms with Gasteiger partial charge in [-0.2, -0.15) is 0 Å². The van der Waals surface area contributed by atoms with Gasteiger partial charge in [0.2, 0.25) is 0 Å². The highest BCUT2D eigenvalue weighted by molar-refractivity contribution is 8.22. The normalized spacial score (nSPS) is 16.8. The van der Waals surface area contributed by atoms with Crippen LogP contribution in [0.15, 0.2) is 41.3 Å². The molecular formula is C27H35N5O3S2. The maximum Gasteiger partial charge on any atom is 0.163 e. The maximum atomic E-state index is 6.15. The first-order chi connectivity index (χ1) is 18.2. The number of thioether (sulfide) groups is 1. The van der Waals surface area contributed by atoms with Crippen molar-refractivity contribution in [2.45, 2.75) is 31.4 Å². The van der Waals surface area contributed by atoms with Crippen molar-refractivity contribution in [3.63, 3.8) is 0 Å². The number of nitrogens with zero attached hydrogens (tertiary/aromatic N) is 5. The Hall–Kier alpha value is -2.56. The molecule has 198 valence electrons.